The molecule has 0 saturated heterocycles. The van der Waals surface area contributed by atoms with E-state index in [1.165, 1.54) is 4.88 Å². The van der Waals surface area contributed by atoms with Crippen LogP contribution in [0.4, 0.5) is 0 Å². The predicted octanol–water partition coefficient (Wildman–Crippen LogP) is 1.61. The van der Waals surface area contributed by atoms with Crippen molar-refractivity contribution in [2.75, 3.05) is 6.61 Å². The summed E-state index contributed by atoms with van der Waals surface area (Å²) in [6.07, 6.45) is 1.83. The van der Waals surface area contributed by atoms with Crippen LogP contribution < -0.4 is 5.32 Å². The molecule has 2 aromatic rings. The van der Waals surface area contributed by atoms with Crippen molar-refractivity contribution >= 4 is 11.3 Å². The second-order valence-electron chi connectivity index (χ2n) is 3.71. The predicted molar refractivity (Wildman–Crippen MR) is 65.3 cm³/mol. The van der Waals surface area contributed by atoms with E-state index >= 15 is 0 Å². The lowest BCUT2D eigenvalue weighted by atomic mass is 10.2. The van der Waals surface area contributed by atoms with Crippen LogP contribution >= 0.6 is 11.3 Å². The Bertz CT molecular complexity index is 424. The number of hydrogen-bond donors (Lipinski definition) is 3. The van der Waals surface area contributed by atoms with Crippen molar-refractivity contribution in [2.45, 2.75) is 19.5 Å². The summed E-state index contributed by atoms with van der Waals surface area (Å²) in [5.41, 5.74) is 2.19. The summed E-state index contributed by atoms with van der Waals surface area (Å²) in [7, 11) is 0. The molecule has 86 valence electrons. The summed E-state index contributed by atoms with van der Waals surface area (Å²) in [6, 6.07) is 4.19. The number of nitrogens with zero attached hydrogens (tertiary/aromatic N) is 1. The van der Waals surface area contributed by atoms with Gasteiger partial charge in [-0.05, 0) is 18.4 Å². The Kier molecular flexibility index (Phi) is 3.71. The molecule has 0 fully saturated rings. The molecule has 0 aliphatic heterocycles. The van der Waals surface area contributed by atoms with Gasteiger partial charge in [0.05, 0.1) is 23.4 Å². The molecule has 1 atom stereocenters. The second-order valence-corrected chi connectivity index (χ2v) is 4.66. The highest BCUT2D eigenvalue weighted by molar-refractivity contribution is 7.13. The van der Waals surface area contributed by atoms with E-state index in [9.17, 15) is 0 Å². The molecule has 4 nitrogen and oxygen atoms in total. The van der Waals surface area contributed by atoms with Crippen LogP contribution in [-0.4, -0.2) is 28.0 Å². The lowest BCUT2D eigenvalue weighted by Crippen LogP contribution is -2.28. The zero-order valence-corrected chi connectivity index (χ0v) is 9.92. The van der Waals surface area contributed by atoms with Gasteiger partial charge in [-0.25, -0.2) is 0 Å². The zero-order chi connectivity index (χ0) is 11.4. The number of aliphatic hydroxyl groups is 1. The van der Waals surface area contributed by atoms with Crippen LogP contribution in [0, 0.1) is 0 Å². The van der Waals surface area contributed by atoms with E-state index in [-0.39, 0.29) is 12.6 Å². The molecule has 16 heavy (non-hydrogen) atoms. The van der Waals surface area contributed by atoms with Crippen LogP contribution in [-0.2, 0) is 6.54 Å². The lowest BCUT2D eigenvalue weighted by Gasteiger charge is -2.09. The van der Waals surface area contributed by atoms with Gasteiger partial charge < -0.3 is 10.4 Å². The highest BCUT2D eigenvalue weighted by Gasteiger charge is 2.09. The summed E-state index contributed by atoms with van der Waals surface area (Å²) in [4.78, 5) is 1.19. The van der Waals surface area contributed by atoms with Crippen LogP contribution in [0.15, 0.2) is 23.7 Å². The van der Waals surface area contributed by atoms with Gasteiger partial charge in [0, 0.05) is 18.2 Å². The molecule has 2 rings (SSSR count). The van der Waals surface area contributed by atoms with Gasteiger partial charge in [-0.1, -0.05) is 6.07 Å². The second kappa shape index (κ2) is 5.25. The van der Waals surface area contributed by atoms with Gasteiger partial charge in [0.15, 0.2) is 0 Å². The van der Waals surface area contributed by atoms with E-state index in [0.29, 0.717) is 6.54 Å². The first kappa shape index (κ1) is 11.3. The Hall–Kier alpha value is -1.17. The molecule has 5 heteroatoms. The maximum atomic E-state index is 8.93. The molecular weight excluding hydrogens is 222 g/mol. The summed E-state index contributed by atoms with van der Waals surface area (Å²) in [5, 5.41) is 21.3. The van der Waals surface area contributed by atoms with Crippen LogP contribution in [0.25, 0.3) is 10.6 Å². The van der Waals surface area contributed by atoms with E-state index in [2.05, 4.69) is 21.6 Å². The van der Waals surface area contributed by atoms with Gasteiger partial charge in [0.25, 0.3) is 0 Å². The van der Waals surface area contributed by atoms with Crippen molar-refractivity contribution in [3.05, 3.63) is 29.3 Å². The SMILES string of the molecule is C[C@H](CO)NCc1cn[nH]c1-c1cccs1. The fourth-order valence-electron chi connectivity index (χ4n) is 1.43. The maximum absolute atomic E-state index is 8.93. The minimum Gasteiger partial charge on any atom is -0.395 e. The van der Waals surface area contributed by atoms with Gasteiger partial charge in [-0.3, -0.25) is 5.10 Å². The number of nitrogens with one attached hydrogen (secondary N) is 2. The van der Waals surface area contributed by atoms with Crippen LogP contribution in [0.1, 0.15) is 12.5 Å². The molecule has 0 bridgehead atoms. The number of aliphatic hydroxyl groups excluding tert-OH is 1. The van der Waals surface area contributed by atoms with Gasteiger partial charge in [0.2, 0.25) is 0 Å². The Morgan fingerprint density at radius 2 is 2.50 bits per heavy atom. The summed E-state index contributed by atoms with van der Waals surface area (Å²) >= 11 is 1.69. The summed E-state index contributed by atoms with van der Waals surface area (Å²) in [6.45, 7) is 2.81. The third kappa shape index (κ3) is 2.49. The molecule has 0 aliphatic rings. The Morgan fingerprint density at radius 3 is 3.19 bits per heavy atom. The van der Waals surface area contributed by atoms with Crippen LogP contribution in [0.5, 0.6) is 0 Å². The van der Waals surface area contributed by atoms with Gasteiger partial charge >= 0.3 is 0 Å². The fraction of sp³-hybridized carbons (Fsp3) is 0.364. The van der Waals surface area contributed by atoms with Crippen LogP contribution in [0.3, 0.4) is 0 Å². The molecule has 2 heterocycles. The molecule has 0 aromatic carbocycles. The Balaban J connectivity index is 2.08. The quantitative estimate of drug-likeness (QED) is 0.740. The molecule has 2 aromatic heterocycles. The molecule has 0 spiro atoms. The van der Waals surface area contributed by atoms with E-state index < -0.39 is 0 Å². The third-order valence-electron chi connectivity index (χ3n) is 2.40. The van der Waals surface area contributed by atoms with Crippen molar-refractivity contribution in [3.8, 4) is 10.6 Å². The molecule has 0 aliphatic carbocycles. The van der Waals surface area contributed by atoms with Gasteiger partial charge in [-0.2, -0.15) is 5.10 Å². The zero-order valence-electron chi connectivity index (χ0n) is 9.10. The van der Waals surface area contributed by atoms with Crippen molar-refractivity contribution in [3.63, 3.8) is 0 Å². The molecule has 0 unspecified atom stereocenters. The van der Waals surface area contributed by atoms with E-state index in [1.807, 2.05) is 24.6 Å². The maximum Gasteiger partial charge on any atom is 0.0794 e. The smallest absolute Gasteiger partial charge is 0.0794 e. The number of thiophene rings is 1. The number of aromatic nitrogens is 2. The Morgan fingerprint density at radius 1 is 1.62 bits per heavy atom. The molecule has 0 radical (unpaired) electrons. The number of rotatable bonds is 5. The minimum absolute atomic E-state index is 0.103. The van der Waals surface area contributed by atoms with Crippen molar-refractivity contribution in [1.29, 1.82) is 0 Å². The van der Waals surface area contributed by atoms with Crippen molar-refractivity contribution in [2.24, 2.45) is 0 Å². The van der Waals surface area contributed by atoms with E-state index in [1.54, 1.807) is 11.3 Å². The topological polar surface area (TPSA) is 60.9 Å². The number of H-pyrrole nitrogens is 1. The van der Waals surface area contributed by atoms with E-state index in [0.717, 1.165) is 11.3 Å². The standard InChI is InChI=1S/C11H15N3OS/c1-8(7-15)12-5-9-6-13-14-11(9)10-3-2-4-16-10/h2-4,6,8,12,15H,5,7H2,1H3,(H,13,14)/t8-/m1/s1. The van der Waals surface area contributed by atoms with Crippen molar-refractivity contribution in [1.82, 2.24) is 15.5 Å². The first-order valence-corrected chi connectivity index (χ1v) is 6.09. The van der Waals surface area contributed by atoms with E-state index in [4.69, 9.17) is 5.11 Å². The largest absolute Gasteiger partial charge is 0.395 e. The third-order valence-corrected chi connectivity index (χ3v) is 3.29. The average Bonchev–Trinajstić information content (AvgIpc) is 2.95. The Labute approximate surface area is 98.3 Å². The van der Waals surface area contributed by atoms with Gasteiger partial charge in [-0.15, -0.1) is 11.3 Å². The molecular formula is C11H15N3OS. The molecule has 0 saturated carbocycles. The monoisotopic (exact) mass is 237 g/mol. The van der Waals surface area contributed by atoms with Crippen molar-refractivity contribution < 1.29 is 5.11 Å². The summed E-state index contributed by atoms with van der Waals surface area (Å²) in [5.74, 6) is 0. The normalized spacial score (nSPS) is 12.9. The molecule has 3 N–H and O–H groups in total. The minimum atomic E-state index is 0.103. The summed E-state index contributed by atoms with van der Waals surface area (Å²) < 4.78 is 0. The highest BCUT2D eigenvalue weighted by atomic mass is 32.1. The van der Waals surface area contributed by atoms with Crippen LogP contribution in [0.2, 0.25) is 0 Å². The first-order chi connectivity index (χ1) is 7.81. The number of hydrogen-bond acceptors (Lipinski definition) is 4. The molecule has 0 amide bonds. The average molecular weight is 237 g/mol. The first-order valence-electron chi connectivity index (χ1n) is 5.21. The lowest BCUT2D eigenvalue weighted by molar-refractivity contribution is 0.251. The number of aromatic amines is 1. The van der Waals surface area contributed by atoms with Gasteiger partial charge in [0.1, 0.15) is 0 Å². The fourth-order valence-corrected chi connectivity index (χ4v) is 2.18. The highest BCUT2D eigenvalue weighted by Crippen LogP contribution is 2.25.